The molecule has 0 unspecified atom stereocenters. The second kappa shape index (κ2) is 9.43. The minimum Gasteiger partial charge on any atom is -0.454 e. The molecule has 5 rings (SSSR count). The molecule has 2 heterocycles. The van der Waals surface area contributed by atoms with Gasteiger partial charge in [0.15, 0.2) is 11.5 Å². The van der Waals surface area contributed by atoms with Crippen LogP contribution in [0.3, 0.4) is 0 Å². The first-order valence-electron chi connectivity index (χ1n) is 10.8. The monoisotopic (exact) mass is 458 g/mol. The molecule has 1 aromatic heterocycles. The van der Waals surface area contributed by atoms with Crippen LogP contribution in [0.15, 0.2) is 91.1 Å². The van der Waals surface area contributed by atoms with E-state index in [1.54, 1.807) is 18.2 Å². The standard InChI is InChI=1S/C27H23ClN2O3/c28-24-11-5-4-9-22(24)17-29-14-6-10-23(29)18-30(16-20-7-2-1-3-8-20)27(31)21-12-13-25-26(15-21)33-19-32-25/h1-15H,16-19H2. The number of nitrogens with zero attached hydrogens (tertiary/aromatic N) is 2. The molecule has 0 bridgehead atoms. The van der Waals surface area contributed by atoms with Gasteiger partial charge in [-0.3, -0.25) is 4.79 Å². The van der Waals surface area contributed by atoms with Gasteiger partial charge in [0.25, 0.3) is 5.91 Å². The summed E-state index contributed by atoms with van der Waals surface area (Å²) in [5, 5.41) is 0.731. The first-order chi connectivity index (χ1) is 16.2. The van der Waals surface area contributed by atoms with Gasteiger partial charge in [-0.1, -0.05) is 60.1 Å². The number of ether oxygens (including phenoxy) is 2. The van der Waals surface area contributed by atoms with E-state index in [0.29, 0.717) is 36.7 Å². The van der Waals surface area contributed by atoms with Crippen molar-refractivity contribution in [1.82, 2.24) is 9.47 Å². The number of benzene rings is 3. The third kappa shape index (κ3) is 4.73. The van der Waals surface area contributed by atoms with Crippen LogP contribution in [0.4, 0.5) is 0 Å². The Morgan fingerprint density at radius 2 is 1.67 bits per heavy atom. The molecular weight excluding hydrogens is 436 g/mol. The number of hydrogen-bond donors (Lipinski definition) is 0. The highest BCUT2D eigenvalue weighted by atomic mass is 35.5. The normalized spacial score (nSPS) is 12.0. The van der Waals surface area contributed by atoms with E-state index in [-0.39, 0.29) is 12.7 Å². The van der Waals surface area contributed by atoms with Gasteiger partial charge in [0.2, 0.25) is 6.79 Å². The number of rotatable bonds is 7. The summed E-state index contributed by atoms with van der Waals surface area (Å²) in [7, 11) is 0. The molecule has 0 saturated heterocycles. The largest absolute Gasteiger partial charge is 0.454 e. The Labute approximate surface area is 197 Å². The summed E-state index contributed by atoms with van der Waals surface area (Å²) in [6.07, 6.45) is 2.02. The second-order valence-electron chi connectivity index (χ2n) is 7.93. The van der Waals surface area contributed by atoms with E-state index in [0.717, 1.165) is 21.8 Å². The molecule has 3 aromatic carbocycles. The Morgan fingerprint density at radius 3 is 2.52 bits per heavy atom. The molecule has 4 aromatic rings. The molecule has 0 radical (unpaired) electrons. The number of aromatic nitrogens is 1. The first-order valence-corrected chi connectivity index (χ1v) is 11.2. The van der Waals surface area contributed by atoms with Gasteiger partial charge in [0, 0.05) is 35.6 Å². The molecule has 0 N–H and O–H groups in total. The molecule has 0 fully saturated rings. The van der Waals surface area contributed by atoms with Crippen molar-refractivity contribution in [2.24, 2.45) is 0 Å². The van der Waals surface area contributed by atoms with E-state index in [2.05, 4.69) is 4.57 Å². The first kappa shape index (κ1) is 21.2. The summed E-state index contributed by atoms with van der Waals surface area (Å²) >= 11 is 6.38. The van der Waals surface area contributed by atoms with E-state index >= 15 is 0 Å². The topological polar surface area (TPSA) is 43.7 Å². The summed E-state index contributed by atoms with van der Waals surface area (Å²) in [6.45, 7) is 1.76. The fourth-order valence-corrected chi connectivity index (χ4v) is 4.16. The van der Waals surface area contributed by atoms with Crippen molar-refractivity contribution in [3.05, 3.63) is 119 Å². The minimum atomic E-state index is -0.0670. The van der Waals surface area contributed by atoms with E-state index in [9.17, 15) is 4.79 Å². The van der Waals surface area contributed by atoms with Crippen LogP contribution in [-0.4, -0.2) is 22.2 Å². The third-order valence-electron chi connectivity index (χ3n) is 5.70. The van der Waals surface area contributed by atoms with Gasteiger partial charge >= 0.3 is 0 Å². The molecular formula is C27H23ClN2O3. The van der Waals surface area contributed by atoms with Crippen LogP contribution in [-0.2, 0) is 19.6 Å². The summed E-state index contributed by atoms with van der Waals surface area (Å²) in [6, 6.07) is 27.2. The van der Waals surface area contributed by atoms with Crippen molar-refractivity contribution in [2.45, 2.75) is 19.6 Å². The van der Waals surface area contributed by atoms with Gasteiger partial charge in [-0.2, -0.15) is 0 Å². The maximum Gasteiger partial charge on any atom is 0.254 e. The molecule has 0 aliphatic carbocycles. The van der Waals surface area contributed by atoms with Crippen molar-refractivity contribution in [2.75, 3.05) is 6.79 Å². The Balaban J connectivity index is 1.43. The smallest absolute Gasteiger partial charge is 0.254 e. The number of fused-ring (bicyclic) bond motifs is 1. The zero-order valence-electron chi connectivity index (χ0n) is 18.0. The molecule has 1 aliphatic heterocycles. The van der Waals surface area contributed by atoms with Gasteiger partial charge in [0.1, 0.15) is 0 Å². The van der Waals surface area contributed by atoms with Crippen LogP contribution < -0.4 is 9.47 Å². The van der Waals surface area contributed by atoms with Crippen molar-refractivity contribution >= 4 is 17.5 Å². The molecule has 1 amide bonds. The molecule has 0 saturated carbocycles. The minimum absolute atomic E-state index is 0.0670. The van der Waals surface area contributed by atoms with Gasteiger partial charge in [-0.05, 0) is 47.5 Å². The van der Waals surface area contributed by atoms with E-state index in [1.165, 1.54) is 0 Å². The second-order valence-corrected chi connectivity index (χ2v) is 8.34. The van der Waals surface area contributed by atoms with E-state index < -0.39 is 0 Å². The fourth-order valence-electron chi connectivity index (χ4n) is 3.97. The summed E-state index contributed by atoms with van der Waals surface area (Å²) in [4.78, 5) is 15.5. The van der Waals surface area contributed by atoms with E-state index in [1.807, 2.05) is 77.8 Å². The quantitative estimate of drug-likeness (QED) is 0.353. The number of halogens is 1. The molecule has 33 heavy (non-hydrogen) atoms. The predicted octanol–water partition coefficient (Wildman–Crippen LogP) is 5.76. The highest BCUT2D eigenvalue weighted by Crippen LogP contribution is 2.33. The van der Waals surface area contributed by atoms with Crippen LogP contribution in [0, 0.1) is 0 Å². The Bertz CT molecular complexity index is 1270. The average molecular weight is 459 g/mol. The van der Waals surface area contributed by atoms with Crippen LogP contribution in [0.25, 0.3) is 0 Å². The number of hydrogen-bond acceptors (Lipinski definition) is 3. The van der Waals surface area contributed by atoms with Crippen molar-refractivity contribution in [1.29, 1.82) is 0 Å². The van der Waals surface area contributed by atoms with E-state index in [4.69, 9.17) is 21.1 Å². The number of carbonyl (C=O) groups is 1. The third-order valence-corrected chi connectivity index (χ3v) is 6.07. The van der Waals surface area contributed by atoms with Crippen molar-refractivity contribution < 1.29 is 14.3 Å². The van der Waals surface area contributed by atoms with Crippen molar-refractivity contribution in [3.8, 4) is 11.5 Å². The summed E-state index contributed by atoms with van der Waals surface area (Å²) in [5.74, 6) is 1.19. The Hall–Kier alpha value is -3.70. The van der Waals surface area contributed by atoms with Gasteiger partial charge in [-0.25, -0.2) is 0 Å². The molecule has 166 valence electrons. The highest BCUT2D eigenvalue weighted by molar-refractivity contribution is 6.31. The summed E-state index contributed by atoms with van der Waals surface area (Å²) in [5.41, 5.74) is 3.70. The predicted molar refractivity (Wildman–Crippen MR) is 128 cm³/mol. The molecule has 0 spiro atoms. The van der Waals surface area contributed by atoms with Crippen LogP contribution >= 0.6 is 11.6 Å². The van der Waals surface area contributed by atoms with Crippen LogP contribution in [0.2, 0.25) is 5.02 Å². The van der Waals surface area contributed by atoms with Crippen molar-refractivity contribution in [3.63, 3.8) is 0 Å². The van der Waals surface area contributed by atoms with Crippen LogP contribution in [0.5, 0.6) is 11.5 Å². The SMILES string of the molecule is O=C(c1ccc2c(c1)OCO2)N(Cc1ccccc1)Cc1cccn1Cc1ccccc1Cl. The maximum absolute atomic E-state index is 13.6. The van der Waals surface area contributed by atoms with Gasteiger partial charge < -0.3 is 18.9 Å². The highest BCUT2D eigenvalue weighted by Gasteiger charge is 2.22. The molecule has 0 atom stereocenters. The zero-order valence-corrected chi connectivity index (χ0v) is 18.7. The average Bonchev–Trinajstić information content (AvgIpc) is 3.49. The van der Waals surface area contributed by atoms with Crippen LogP contribution in [0.1, 0.15) is 27.2 Å². The molecule has 5 nitrogen and oxygen atoms in total. The number of carbonyl (C=O) groups excluding carboxylic acids is 1. The lowest BCUT2D eigenvalue weighted by Crippen LogP contribution is -2.31. The molecule has 6 heteroatoms. The summed E-state index contributed by atoms with van der Waals surface area (Å²) < 4.78 is 13.0. The lowest BCUT2D eigenvalue weighted by Gasteiger charge is -2.24. The maximum atomic E-state index is 13.6. The Kier molecular flexibility index (Phi) is 6.05. The number of amides is 1. The fraction of sp³-hybridized carbons (Fsp3) is 0.148. The molecule has 1 aliphatic rings. The van der Waals surface area contributed by atoms with Gasteiger partial charge in [-0.15, -0.1) is 0 Å². The zero-order chi connectivity index (χ0) is 22.6. The Morgan fingerprint density at radius 1 is 0.879 bits per heavy atom. The van der Waals surface area contributed by atoms with Gasteiger partial charge in [0.05, 0.1) is 6.54 Å². The lowest BCUT2D eigenvalue weighted by atomic mass is 10.1. The lowest BCUT2D eigenvalue weighted by molar-refractivity contribution is 0.0726.